The molecule has 0 heterocycles. The topological polar surface area (TPSA) is 53.3 Å². The predicted molar refractivity (Wildman–Crippen MR) is 62.4 cm³/mol. The number of hydrogen-bond acceptors (Lipinski definition) is 4. The van der Waals surface area contributed by atoms with E-state index in [2.05, 4.69) is 4.90 Å². The summed E-state index contributed by atoms with van der Waals surface area (Å²) in [5.74, 6) is -0.575. The van der Waals surface area contributed by atoms with Gasteiger partial charge in [0, 0.05) is 13.1 Å². The van der Waals surface area contributed by atoms with Crippen LogP contribution in [0.2, 0.25) is 0 Å². The van der Waals surface area contributed by atoms with Gasteiger partial charge < -0.3 is 9.64 Å². The van der Waals surface area contributed by atoms with E-state index < -0.39 is 5.97 Å². The zero-order valence-corrected chi connectivity index (χ0v) is 10.1. The molecule has 88 valence electrons. The SMILES string of the molecule is CCOC(=O)/C(C#N)=C/C=C/N(CC)CC. The Bertz CT molecular complexity index is 309. The van der Waals surface area contributed by atoms with Gasteiger partial charge in [-0.3, -0.25) is 0 Å². The Balaban J connectivity index is 4.49. The number of allylic oxidation sites excluding steroid dienone is 2. The second kappa shape index (κ2) is 8.54. The minimum Gasteiger partial charge on any atom is -0.462 e. The normalized spacial score (nSPS) is 11.2. The molecule has 0 bridgehead atoms. The van der Waals surface area contributed by atoms with Gasteiger partial charge in [-0.2, -0.15) is 5.26 Å². The first-order chi connectivity index (χ1) is 7.69. The Kier molecular flexibility index (Phi) is 7.60. The number of nitriles is 1. The lowest BCUT2D eigenvalue weighted by atomic mass is 10.3. The van der Waals surface area contributed by atoms with Crippen molar-refractivity contribution in [2.45, 2.75) is 20.8 Å². The van der Waals surface area contributed by atoms with E-state index in [0.717, 1.165) is 13.1 Å². The van der Waals surface area contributed by atoms with Crippen molar-refractivity contribution in [2.24, 2.45) is 0 Å². The van der Waals surface area contributed by atoms with Gasteiger partial charge in [0.05, 0.1) is 6.61 Å². The van der Waals surface area contributed by atoms with Crippen molar-refractivity contribution in [3.63, 3.8) is 0 Å². The minimum absolute atomic E-state index is 0.0188. The molecule has 0 saturated heterocycles. The average Bonchev–Trinajstić information content (AvgIpc) is 2.30. The number of carbonyl (C=O) groups is 1. The fourth-order valence-electron chi connectivity index (χ4n) is 1.06. The van der Waals surface area contributed by atoms with Crippen molar-refractivity contribution in [1.82, 2.24) is 4.90 Å². The standard InChI is InChI=1S/C12H18N2O2/c1-4-14(5-2)9-7-8-11(10-13)12(15)16-6-3/h7-9H,4-6H2,1-3H3/b9-7+,11-8+. The molecule has 0 amide bonds. The highest BCUT2D eigenvalue weighted by Crippen LogP contribution is 1.98. The van der Waals surface area contributed by atoms with Gasteiger partial charge in [-0.05, 0) is 39.1 Å². The van der Waals surface area contributed by atoms with Crippen molar-refractivity contribution >= 4 is 5.97 Å². The molecule has 0 aliphatic heterocycles. The molecule has 0 N–H and O–H groups in total. The Morgan fingerprint density at radius 1 is 1.38 bits per heavy atom. The highest BCUT2D eigenvalue weighted by Gasteiger charge is 2.07. The summed E-state index contributed by atoms with van der Waals surface area (Å²) in [7, 11) is 0. The van der Waals surface area contributed by atoms with E-state index in [4.69, 9.17) is 10.00 Å². The van der Waals surface area contributed by atoms with Crippen molar-refractivity contribution in [3.8, 4) is 6.07 Å². The summed E-state index contributed by atoms with van der Waals surface area (Å²) < 4.78 is 4.73. The van der Waals surface area contributed by atoms with E-state index >= 15 is 0 Å². The van der Waals surface area contributed by atoms with Crippen LogP contribution in [-0.4, -0.2) is 30.6 Å². The molecular weight excluding hydrogens is 204 g/mol. The van der Waals surface area contributed by atoms with Crippen LogP contribution in [0, 0.1) is 11.3 Å². The smallest absolute Gasteiger partial charge is 0.348 e. The molecule has 0 spiro atoms. The van der Waals surface area contributed by atoms with Gasteiger partial charge in [-0.15, -0.1) is 0 Å². The summed E-state index contributed by atoms with van der Waals surface area (Å²) in [6, 6.07) is 1.81. The van der Waals surface area contributed by atoms with E-state index in [-0.39, 0.29) is 12.2 Å². The first-order valence-electron chi connectivity index (χ1n) is 5.39. The first kappa shape index (κ1) is 14.2. The highest BCUT2D eigenvalue weighted by atomic mass is 16.5. The third kappa shape index (κ3) is 5.20. The number of ether oxygens (including phenoxy) is 1. The Morgan fingerprint density at radius 3 is 2.44 bits per heavy atom. The number of hydrogen-bond donors (Lipinski definition) is 0. The molecule has 4 heteroatoms. The van der Waals surface area contributed by atoms with Crippen LogP contribution >= 0.6 is 0 Å². The molecule has 0 radical (unpaired) electrons. The summed E-state index contributed by atoms with van der Waals surface area (Å²) in [6.07, 6.45) is 5.00. The molecule has 0 rings (SSSR count). The number of carbonyl (C=O) groups excluding carboxylic acids is 1. The molecule has 0 aliphatic carbocycles. The second-order valence-corrected chi connectivity index (χ2v) is 2.98. The lowest BCUT2D eigenvalue weighted by Crippen LogP contribution is -2.15. The summed E-state index contributed by atoms with van der Waals surface area (Å²) in [6.45, 7) is 7.84. The maximum atomic E-state index is 11.2. The quantitative estimate of drug-likeness (QED) is 0.298. The summed E-state index contributed by atoms with van der Waals surface area (Å²) in [5, 5.41) is 8.74. The van der Waals surface area contributed by atoms with Crippen LogP contribution in [-0.2, 0) is 9.53 Å². The fraction of sp³-hybridized carbons (Fsp3) is 0.500. The van der Waals surface area contributed by atoms with E-state index in [1.165, 1.54) is 6.08 Å². The van der Waals surface area contributed by atoms with Crippen molar-refractivity contribution in [1.29, 1.82) is 5.26 Å². The van der Waals surface area contributed by atoms with Crippen molar-refractivity contribution in [3.05, 3.63) is 23.9 Å². The largest absolute Gasteiger partial charge is 0.462 e. The van der Waals surface area contributed by atoms with Gasteiger partial charge in [0.15, 0.2) is 0 Å². The fourth-order valence-corrected chi connectivity index (χ4v) is 1.06. The van der Waals surface area contributed by atoms with Crippen molar-refractivity contribution < 1.29 is 9.53 Å². The molecule has 0 fully saturated rings. The second-order valence-electron chi connectivity index (χ2n) is 2.98. The molecule has 0 aromatic rings. The van der Waals surface area contributed by atoms with Gasteiger partial charge in [-0.25, -0.2) is 4.79 Å². The summed E-state index contributed by atoms with van der Waals surface area (Å²) in [4.78, 5) is 13.3. The third-order valence-electron chi connectivity index (χ3n) is 1.99. The van der Waals surface area contributed by atoms with Crippen LogP contribution in [0.5, 0.6) is 0 Å². The monoisotopic (exact) mass is 222 g/mol. The van der Waals surface area contributed by atoms with Crippen LogP contribution < -0.4 is 0 Å². The Labute approximate surface area is 96.8 Å². The van der Waals surface area contributed by atoms with Gasteiger partial charge >= 0.3 is 5.97 Å². The number of nitrogens with zero attached hydrogens (tertiary/aromatic N) is 2. The predicted octanol–water partition coefficient (Wildman–Crippen LogP) is 1.85. The van der Waals surface area contributed by atoms with Gasteiger partial charge in [-0.1, -0.05) is 0 Å². The van der Waals surface area contributed by atoms with Crippen LogP contribution in [0.25, 0.3) is 0 Å². The maximum Gasteiger partial charge on any atom is 0.348 e. The molecule has 16 heavy (non-hydrogen) atoms. The first-order valence-corrected chi connectivity index (χ1v) is 5.39. The lowest BCUT2D eigenvalue weighted by Gasteiger charge is -2.13. The van der Waals surface area contributed by atoms with Crippen LogP contribution in [0.1, 0.15) is 20.8 Å². The third-order valence-corrected chi connectivity index (χ3v) is 1.99. The summed E-state index contributed by atoms with van der Waals surface area (Å²) in [5.41, 5.74) is 0.0188. The van der Waals surface area contributed by atoms with Crippen LogP contribution in [0.4, 0.5) is 0 Å². The minimum atomic E-state index is -0.575. The van der Waals surface area contributed by atoms with Gasteiger partial charge in [0.2, 0.25) is 0 Å². The van der Waals surface area contributed by atoms with E-state index in [0.29, 0.717) is 0 Å². The number of esters is 1. The molecule has 0 unspecified atom stereocenters. The summed E-state index contributed by atoms with van der Waals surface area (Å²) >= 11 is 0. The van der Waals surface area contributed by atoms with E-state index in [9.17, 15) is 4.79 Å². The highest BCUT2D eigenvalue weighted by molar-refractivity contribution is 5.93. The molecule has 0 aromatic carbocycles. The number of rotatable bonds is 6. The van der Waals surface area contributed by atoms with Gasteiger partial charge in [0.25, 0.3) is 0 Å². The molecule has 4 nitrogen and oxygen atoms in total. The molecular formula is C12H18N2O2. The molecule has 0 saturated carbocycles. The molecule has 0 aromatic heterocycles. The lowest BCUT2D eigenvalue weighted by molar-refractivity contribution is -0.138. The van der Waals surface area contributed by atoms with Crippen molar-refractivity contribution in [2.75, 3.05) is 19.7 Å². The van der Waals surface area contributed by atoms with E-state index in [1.807, 2.05) is 26.1 Å². The zero-order chi connectivity index (χ0) is 12.4. The molecule has 0 atom stereocenters. The van der Waals surface area contributed by atoms with Crippen LogP contribution in [0.3, 0.4) is 0 Å². The van der Waals surface area contributed by atoms with E-state index in [1.54, 1.807) is 13.0 Å². The Morgan fingerprint density at radius 2 is 2.00 bits per heavy atom. The van der Waals surface area contributed by atoms with Crippen LogP contribution in [0.15, 0.2) is 23.9 Å². The Hall–Kier alpha value is -1.76. The molecule has 0 aliphatic rings. The maximum absolute atomic E-state index is 11.2. The zero-order valence-electron chi connectivity index (χ0n) is 10.1. The average molecular weight is 222 g/mol. The van der Waals surface area contributed by atoms with Gasteiger partial charge in [0.1, 0.15) is 11.6 Å².